The van der Waals surface area contributed by atoms with Crippen LogP contribution < -0.4 is 15.1 Å². The molecule has 2 aliphatic heterocycles. The van der Waals surface area contributed by atoms with Crippen molar-refractivity contribution < 1.29 is 18.4 Å². The van der Waals surface area contributed by atoms with Crippen molar-refractivity contribution in [3.8, 4) is 0 Å². The Kier molecular flexibility index (Phi) is 4.89. The molecule has 2 aliphatic rings. The predicted octanol–water partition coefficient (Wildman–Crippen LogP) is 3.34. The molecule has 2 aromatic rings. The summed E-state index contributed by atoms with van der Waals surface area (Å²) in [6, 6.07) is 8.02. The van der Waals surface area contributed by atoms with Gasteiger partial charge in [0.1, 0.15) is 11.5 Å². The SMILES string of the molecule is O=C(CCC(F)F)c1ccc2c(n1)N(C(=O)Nc1ccccn1)[C@H]1CCN2C1. The molecular formula is C19H19F2N5O2. The van der Waals surface area contributed by atoms with E-state index in [1.165, 1.54) is 0 Å². The van der Waals surface area contributed by atoms with Crippen molar-refractivity contribution in [2.24, 2.45) is 0 Å². The number of rotatable bonds is 5. The minimum Gasteiger partial charge on any atom is -0.366 e. The van der Waals surface area contributed by atoms with E-state index in [1.807, 2.05) is 0 Å². The van der Waals surface area contributed by atoms with Gasteiger partial charge in [0, 0.05) is 32.1 Å². The first kappa shape index (κ1) is 18.3. The van der Waals surface area contributed by atoms with E-state index >= 15 is 0 Å². The predicted molar refractivity (Wildman–Crippen MR) is 100 cm³/mol. The normalized spacial score (nSPS) is 17.6. The number of carbonyl (C=O) groups is 2. The van der Waals surface area contributed by atoms with Crippen LogP contribution in [0.2, 0.25) is 0 Å². The second kappa shape index (κ2) is 7.49. The summed E-state index contributed by atoms with van der Waals surface area (Å²) in [6.45, 7) is 1.47. The Morgan fingerprint density at radius 1 is 1.25 bits per heavy atom. The van der Waals surface area contributed by atoms with Crippen LogP contribution in [0.25, 0.3) is 0 Å². The Labute approximate surface area is 160 Å². The Bertz CT molecular complexity index is 893. The molecule has 0 spiro atoms. The van der Waals surface area contributed by atoms with Crippen LogP contribution in [0.1, 0.15) is 29.8 Å². The molecule has 4 rings (SSSR count). The minimum atomic E-state index is -2.54. The summed E-state index contributed by atoms with van der Waals surface area (Å²) in [5, 5.41) is 2.76. The molecule has 2 amide bonds. The summed E-state index contributed by atoms with van der Waals surface area (Å²) >= 11 is 0. The molecule has 1 saturated heterocycles. The molecule has 0 saturated carbocycles. The lowest BCUT2D eigenvalue weighted by Crippen LogP contribution is -2.48. The number of urea groups is 1. The average Bonchev–Trinajstić information content (AvgIpc) is 3.11. The topological polar surface area (TPSA) is 78.4 Å². The molecule has 146 valence electrons. The largest absolute Gasteiger partial charge is 0.366 e. The van der Waals surface area contributed by atoms with Crippen molar-refractivity contribution in [3.63, 3.8) is 0 Å². The van der Waals surface area contributed by atoms with Crippen molar-refractivity contribution in [2.45, 2.75) is 31.7 Å². The molecule has 28 heavy (non-hydrogen) atoms. The monoisotopic (exact) mass is 387 g/mol. The summed E-state index contributed by atoms with van der Waals surface area (Å²) in [5.41, 5.74) is 0.855. The van der Waals surface area contributed by atoms with E-state index in [1.54, 1.807) is 41.4 Å². The van der Waals surface area contributed by atoms with Gasteiger partial charge in [-0.05, 0) is 30.7 Å². The first-order valence-corrected chi connectivity index (χ1v) is 9.11. The molecule has 1 N–H and O–H groups in total. The van der Waals surface area contributed by atoms with E-state index in [-0.39, 0.29) is 24.2 Å². The molecule has 2 bridgehead atoms. The highest BCUT2D eigenvalue weighted by Gasteiger charge is 2.40. The third-order valence-corrected chi connectivity index (χ3v) is 4.95. The van der Waals surface area contributed by atoms with Crippen LogP contribution in [-0.4, -0.2) is 47.3 Å². The molecule has 1 atom stereocenters. The van der Waals surface area contributed by atoms with Crippen molar-refractivity contribution in [2.75, 3.05) is 28.2 Å². The van der Waals surface area contributed by atoms with Gasteiger partial charge in [0.25, 0.3) is 0 Å². The Balaban J connectivity index is 1.63. The number of pyridine rings is 2. The number of fused-ring (bicyclic) bond motifs is 4. The number of aromatic nitrogens is 2. The van der Waals surface area contributed by atoms with Gasteiger partial charge in [0.15, 0.2) is 11.6 Å². The summed E-state index contributed by atoms with van der Waals surface area (Å²) in [5.74, 6) is 0.338. The first-order chi connectivity index (χ1) is 13.5. The highest BCUT2D eigenvalue weighted by Crippen LogP contribution is 2.39. The first-order valence-electron chi connectivity index (χ1n) is 9.11. The maximum Gasteiger partial charge on any atom is 0.329 e. The fourth-order valence-electron chi connectivity index (χ4n) is 3.60. The molecule has 2 aromatic heterocycles. The number of amides is 2. The van der Waals surface area contributed by atoms with Gasteiger partial charge in [-0.15, -0.1) is 0 Å². The maximum atomic E-state index is 12.9. The lowest BCUT2D eigenvalue weighted by molar-refractivity contribution is 0.0904. The fourth-order valence-corrected chi connectivity index (χ4v) is 3.60. The molecule has 4 heterocycles. The van der Waals surface area contributed by atoms with Gasteiger partial charge in [0.05, 0.1) is 11.7 Å². The lowest BCUT2D eigenvalue weighted by Gasteiger charge is -2.35. The number of ketones is 1. The Morgan fingerprint density at radius 2 is 2.11 bits per heavy atom. The average molecular weight is 387 g/mol. The van der Waals surface area contributed by atoms with Gasteiger partial charge in [0.2, 0.25) is 6.43 Å². The van der Waals surface area contributed by atoms with Gasteiger partial charge < -0.3 is 4.90 Å². The van der Waals surface area contributed by atoms with Gasteiger partial charge in [-0.25, -0.2) is 23.5 Å². The highest BCUT2D eigenvalue weighted by molar-refractivity contribution is 6.05. The minimum absolute atomic E-state index is 0.0740. The van der Waals surface area contributed by atoms with Crippen LogP contribution in [-0.2, 0) is 0 Å². The van der Waals surface area contributed by atoms with Gasteiger partial charge in [-0.3, -0.25) is 15.0 Å². The van der Waals surface area contributed by atoms with Gasteiger partial charge in [-0.2, -0.15) is 0 Å². The number of nitrogens with zero attached hydrogens (tertiary/aromatic N) is 4. The standard InChI is InChI=1S/C19H19F2N5O2/c20-16(21)7-6-15(27)13-4-5-14-18(23-13)26(12-8-10-25(14)11-12)19(28)24-17-3-1-2-9-22-17/h1-5,9,12,16H,6-8,10-11H2,(H,22,24,28)/t12-/m0/s1. The summed E-state index contributed by atoms with van der Waals surface area (Å²) in [4.78, 5) is 37.3. The van der Waals surface area contributed by atoms with Crippen LogP contribution >= 0.6 is 0 Å². The zero-order valence-electron chi connectivity index (χ0n) is 15.0. The number of nitrogens with one attached hydrogen (secondary N) is 1. The number of hydrogen-bond acceptors (Lipinski definition) is 5. The molecule has 7 nitrogen and oxygen atoms in total. The molecule has 0 unspecified atom stereocenters. The van der Waals surface area contributed by atoms with E-state index < -0.39 is 18.6 Å². The van der Waals surface area contributed by atoms with Gasteiger partial charge >= 0.3 is 6.03 Å². The van der Waals surface area contributed by atoms with Crippen LogP contribution in [0, 0.1) is 0 Å². The zero-order valence-corrected chi connectivity index (χ0v) is 15.0. The Hall–Kier alpha value is -3.10. The van der Waals surface area contributed by atoms with E-state index in [0.29, 0.717) is 18.2 Å². The van der Waals surface area contributed by atoms with Crippen LogP contribution in [0.4, 0.5) is 30.9 Å². The third-order valence-electron chi connectivity index (χ3n) is 4.95. The molecule has 9 heteroatoms. The van der Waals surface area contributed by atoms with Crippen molar-refractivity contribution in [1.29, 1.82) is 0 Å². The maximum absolute atomic E-state index is 12.9. The molecule has 1 fully saturated rings. The number of alkyl halides is 2. The molecule has 0 aromatic carbocycles. The van der Waals surface area contributed by atoms with E-state index in [9.17, 15) is 18.4 Å². The van der Waals surface area contributed by atoms with Crippen molar-refractivity contribution in [3.05, 3.63) is 42.2 Å². The number of Topliss-reactive ketones (excluding diaryl/α,β-unsaturated/α-hetero) is 1. The fraction of sp³-hybridized carbons (Fsp3) is 0.368. The number of halogens is 2. The second-order valence-corrected chi connectivity index (χ2v) is 6.80. The third kappa shape index (κ3) is 3.51. The molecule has 0 aliphatic carbocycles. The molecular weight excluding hydrogens is 368 g/mol. The van der Waals surface area contributed by atoms with E-state index in [4.69, 9.17) is 0 Å². The highest BCUT2D eigenvalue weighted by atomic mass is 19.3. The number of anilines is 3. The number of carbonyl (C=O) groups excluding carboxylic acids is 2. The smallest absolute Gasteiger partial charge is 0.329 e. The number of hydrogen-bond donors (Lipinski definition) is 1. The summed E-state index contributed by atoms with van der Waals surface area (Å²) in [7, 11) is 0. The van der Waals surface area contributed by atoms with Crippen LogP contribution in [0.3, 0.4) is 0 Å². The lowest BCUT2D eigenvalue weighted by atomic mass is 10.1. The zero-order chi connectivity index (χ0) is 19.7. The van der Waals surface area contributed by atoms with Crippen LogP contribution in [0.5, 0.6) is 0 Å². The van der Waals surface area contributed by atoms with E-state index in [2.05, 4.69) is 20.2 Å². The van der Waals surface area contributed by atoms with E-state index in [0.717, 1.165) is 18.7 Å². The second-order valence-electron chi connectivity index (χ2n) is 6.80. The van der Waals surface area contributed by atoms with Gasteiger partial charge in [-0.1, -0.05) is 6.07 Å². The quantitative estimate of drug-likeness (QED) is 0.796. The Morgan fingerprint density at radius 3 is 2.86 bits per heavy atom. The summed E-state index contributed by atoms with van der Waals surface area (Å²) in [6.07, 6.45) is -0.966. The van der Waals surface area contributed by atoms with Crippen LogP contribution in [0.15, 0.2) is 36.5 Å². The van der Waals surface area contributed by atoms with Crippen molar-refractivity contribution >= 4 is 29.1 Å². The summed E-state index contributed by atoms with van der Waals surface area (Å²) < 4.78 is 24.8. The molecule has 0 radical (unpaired) electrons. The van der Waals surface area contributed by atoms with Crippen molar-refractivity contribution in [1.82, 2.24) is 9.97 Å².